The molecule has 0 N–H and O–H groups in total. The maximum absolute atomic E-state index is 12.8. The molecule has 1 atom stereocenters. The van der Waals surface area contributed by atoms with E-state index in [1.54, 1.807) is 0 Å². The van der Waals surface area contributed by atoms with Crippen LogP contribution in [0.5, 0.6) is 0 Å². The zero-order chi connectivity index (χ0) is 47.9. The van der Waals surface area contributed by atoms with Crippen LogP contribution in [0, 0.1) is 0 Å². The van der Waals surface area contributed by atoms with Gasteiger partial charge >= 0.3 is 17.9 Å². The predicted molar refractivity (Wildman–Crippen MR) is 284 cm³/mol. The van der Waals surface area contributed by atoms with E-state index >= 15 is 0 Å². The highest BCUT2D eigenvalue weighted by Gasteiger charge is 2.19. The summed E-state index contributed by atoms with van der Waals surface area (Å²) in [5.41, 5.74) is 0. The summed E-state index contributed by atoms with van der Waals surface area (Å²) in [6.45, 7) is 6.52. The van der Waals surface area contributed by atoms with E-state index in [0.717, 1.165) is 96.3 Å². The summed E-state index contributed by atoms with van der Waals surface area (Å²) in [4.78, 5) is 38.1. The molecule has 0 aromatic rings. The summed E-state index contributed by atoms with van der Waals surface area (Å²) in [6, 6.07) is 0. The largest absolute Gasteiger partial charge is 0.462 e. The highest BCUT2D eigenvalue weighted by molar-refractivity contribution is 5.71. The van der Waals surface area contributed by atoms with Gasteiger partial charge in [0.1, 0.15) is 13.2 Å². The molecule has 0 saturated carbocycles. The molecule has 0 aromatic heterocycles. The van der Waals surface area contributed by atoms with E-state index in [2.05, 4.69) is 81.5 Å². The van der Waals surface area contributed by atoms with Crippen LogP contribution < -0.4 is 0 Å². The van der Waals surface area contributed by atoms with Gasteiger partial charge in [0, 0.05) is 19.3 Å². The Bertz CT molecular complexity index is 1200. The van der Waals surface area contributed by atoms with Gasteiger partial charge in [-0.2, -0.15) is 0 Å². The SMILES string of the molecule is CC/C=C\C/C=C\C/C=C\CCCCCCCCC(=O)OCC(COC(=O)CCCCCCCCCCCCCCCCCC)OC(=O)CCCCC/C=C\C=C/CCCCCCCCC. The van der Waals surface area contributed by atoms with Gasteiger partial charge in [0.2, 0.25) is 0 Å². The minimum Gasteiger partial charge on any atom is -0.462 e. The lowest BCUT2D eigenvalue weighted by atomic mass is 10.0. The average molecular weight is 924 g/mol. The standard InChI is InChI=1S/C60H106O6/c1-4-7-10-13-16-19-22-25-28-31-34-37-40-43-46-49-52-58(61)64-55-57(66-60(63)54-51-48-45-42-39-36-33-30-27-24-21-18-15-12-9-6-3)56-65-59(62)53-50-47-44-41-38-35-32-29-26-23-20-17-14-11-8-5-2/h7,10,16,19,25,28,30,33,36,39,57H,4-6,8-9,11-15,17-18,20-24,26-27,29,31-32,34-35,37-38,40-56H2,1-3H3/b10-7-,19-16-,28-25-,33-30-,39-36-. The van der Waals surface area contributed by atoms with E-state index in [4.69, 9.17) is 14.2 Å². The molecule has 66 heavy (non-hydrogen) atoms. The zero-order valence-corrected chi connectivity index (χ0v) is 43.7. The van der Waals surface area contributed by atoms with Gasteiger partial charge in [-0.3, -0.25) is 14.4 Å². The topological polar surface area (TPSA) is 78.9 Å². The van der Waals surface area contributed by atoms with Gasteiger partial charge in [0.25, 0.3) is 0 Å². The minimum atomic E-state index is -0.792. The fourth-order valence-corrected chi connectivity index (χ4v) is 8.04. The monoisotopic (exact) mass is 923 g/mol. The van der Waals surface area contributed by atoms with Crippen molar-refractivity contribution < 1.29 is 28.6 Å². The molecule has 0 saturated heterocycles. The molecule has 0 radical (unpaired) electrons. The first kappa shape index (κ1) is 63.1. The lowest BCUT2D eigenvalue weighted by Gasteiger charge is -2.18. The number of ether oxygens (including phenoxy) is 3. The number of hydrogen-bond donors (Lipinski definition) is 0. The van der Waals surface area contributed by atoms with Crippen molar-refractivity contribution >= 4 is 17.9 Å². The van der Waals surface area contributed by atoms with Crippen molar-refractivity contribution in [3.63, 3.8) is 0 Å². The van der Waals surface area contributed by atoms with Crippen LogP contribution in [0.2, 0.25) is 0 Å². The lowest BCUT2D eigenvalue weighted by Crippen LogP contribution is -2.30. The number of esters is 3. The van der Waals surface area contributed by atoms with Crippen LogP contribution in [0.15, 0.2) is 60.8 Å². The number of hydrogen-bond acceptors (Lipinski definition) is 6. The fraction of sp³-hybridized carbons (Fsp3) is 0.783. The van der Waals surface area contributed by atoms with Crippen LogP contribution >= 0.6 is 0 Å². The van der Waals surface area contributed by atoms with Crippen molar-refractivity contribution in [2.75, 3.05) is 13.2 Å². The average Bonchev–Trinajstić information content (AvgIpc) is 3.31. The number of unbranched alkanes of at least 4 members (excludes halogenated alkanes) is 31. The molecule has 0 amide bonds. The third kappa shape index (κ3) is 52.1. The summed E-state index contributed by atoms with van der Waals surface area (Å²) >= 11 is 0. The Morgan fingerprint density at radius 1 is 0.333 bits per heavy atom. The molecule has 0 aromatic carbocycles. The van der Waals surface area contributed by atoms with Crippen molar-refractivity contribution in [1.29, 1.82) is 0 Å². The highest BCUT2D eigenvalue weighted by Crippen LogP contribution is 2.16. The number of carbonyl (C=O) groups is 3. The van der Waals surface area contributed by atoms with Crippen molar-refractivity contribution in [1.82, 2.24) is 0 Å². The Labute approximate surface area is 409 Å². The van der Waals surface area contributed by atoms with Crippen molar-refractivity contribution in [2.24, 2.45) is 0 Å². The van der Waals surface area contributed by atoms with E-state index in [9.17, 15) is 14.4 Å². The van der Waals surface area contributed by atoms with E-state index in [1.807, 2.05) is 0 Å². The van der Waals surface area contributed by atoms with E-state index < -0.39 is 6.10 Å². The first-order valence-corrected chi connectivity index (χ1v) is 28.3. The van der Waals surface area contributed by atoms with Gasteiger partial charge in [0.15, 0.2) is 6.10 Å². The molecule has 1 unspecified atom stereocenters. The molecule has 0 fully saturated rings. The van der Waals surface area contributed by atoms with Crippen LogP contribution in [0.4, 0.5) is 0 Å². The van der Waals surface area contributed by atoms with Crippen LogP contribution in [0.1, 0.15) is 284 Å². The summed E-state index contributed by atoms with van der Waals surface area (Å²) in [5, 5.41) is 0. The maximum Gasteiger partial charge on any atom is 0.306 e. The Hall–Kier alpha value is -2.89. The van der Waals surface area contributed by atoms with Crippen LogP contribution in [0.3, 0.4) is 0 Å². The number of carbonyl (C=O) groups excluding carboxylic acids is 3. The van der Waals surface area contributed by atoms with Crippen LogP contribution in [-0.2, 0) is 28.6 Å². The quantitative estimate of drug-likeness (QED) is 0.0199. The fourth-order valence-electron chi connectivity index (χ4n) is 8.04. The smallest absolute Gasteiger partial charge is 0.306 e. The van der Waals surface area contributed by atoms with Crippen molar-refractivity contribution in [3.8, 4) is 0 Å². The van der Waals surface area contributed by atoms with Gasteiger partial charge in [0.05, 0.1) is 0 Å². The third-order valence-corrected chi connectivity index (χ3v) is 12.3. The third-order valence-electron chi connectivity index (χ3n) is 12.3. The molecule has 0 aliphatic carbocycles. The zero-order valence-electron chi connectivity index (χ0n) is 43.7. The Morgan fingerprint density at radius 3 is 1.03 bits per heavy atom. The maximum atomic E-state index is 12.8. The normalized spacial score (nSPS) is 12.5. The Kier molecular flexibility index (Phi) is 52.3. The van der Waals surface area contributed by atoms with Gasteiger partial charge in [-0.15, -0.1) is 0 Å². The second-order valence-corrected chi connectivity index (χ2v) is 18.9. The highest BCUT2D eigenvalue weighted by atomic mass is 16.6. The second kappa shape index (κ2) is 54.7. The van der Waals surface area contributed by atoms with Gasteiger partial charge in [-0.25, -0.2) is 0 Å². The molecule has 0 bridgehead atoms. The van der Waals surface area contributed by atoms with Gasteiger partial charge < -0.3 is 14.2 Å². The van der Waals surface area contributed by atoms with E-state index in [1.165, 1.54) is 148 Å². The summed E-state index contributed by atoms with van der Waals surface area (Å²) < 4.78 is 16.8. The van der Waals surface area contributed by atoms with Crippen molar-refractivity contribution in [2.45, 2.75) is 290 Å². The van der Waals surface area contributed by atoms with E-state index in [0.29, 0.717) is 19.3 Å². The van der Waals surface area contributed by atoms with Gasteiger partial charge in [-0.05, 0) is 77.0 Å². The van der Waals surface area contributed by atoms with Crippen LogP contribution in [-0.4, -0.2) is 37.2 Å². The molecular formula is C60H106O6. The molecule has 6 heteroatoms. The van der Waals surface area contributed by atoms with E-state index in [-0.39, 0.29) is 31.1 Å². The van der Waals surface area contributed by atoms with Crippen molar-refractivity contribution in [3.05, 3.63) is 60.8 Å². The molecular weight excluding hydrogens is 817 g/mol. The number of rotatable bonds is 51. The molecule has 0 aliphatic heterocycles. The summed E-state index contributed by atoms with van der Waals surface area (Å²) in [5.74, 6) is -0.916. The molecule has 0 heterocycles. The Balaban J connectivity index is 4.42. The predicted octanol–water partition coefficient (Wildman–Crippen LogP) is 18.8. The molecule has 382 valence electrons. The Morgan fingerprint density at radius 2 is 0.636 bits per heavy atom. The first-order chi connectivity index (χ1) is 32.5. The molecule has 0 spiro atoms. The minimum absolute atomic E-state index is 0.0868. The molecule has 6 nitrogen and oxygen atoms in total. The number of allylic oxidation sites excluding steroid dienone is 10. The summed E-state index contributed by atoms with van der Waals surface area (Å²) in [7, 11) is 0. The lowest BCUT2D eigenvalue weighted by molar-refractivity contribution is -0.167. The molecule has 0 rings (SSSR count). The summed E-state index contributed by atoms with van der Waals surface area (Å²) in [6.07, 6.45) is 67.8. The van der Waals surface area contributed by atoms with Gasteiger partial charge in [-0.1, -0.05) is 248 Å². The first-order valence-electron chi connectivity index (χ1n) is 28.3. The molecule has 0 aliphatic rings. The van der Waals surface area contributed by atoms with Crippen LogP contribution in [0.25, 0.3) is 0 Å². The second-order valence-electron chi connectivity index (χ2n) is 18.9.